The Morgan fingerprint density at radius 2 is 2.06 bits per heavy atom. The molecular formula is C11H18N2O4. The first-order chi connectivity index (χ1) is 8.06. The van der Waals surface area contributed by atoms with Crippen molar-refractivity contribution in [1.82, 2.24) is 4.90 Å². The van der Waals surface area contributed by atoms with Crippen LogP contribution in [0.4, 0.5) is 0 Å². The molecule has 0 aromatic carbocycles. The van der Waals surface area contributed by atoms with E-state index in [1.165, 1.54) is 17.3 Å². The third-order valence-corrected chi connectivity index (χ3v) is 2.64. The lowest BCUT2D eigenvalue weighted by Gasteiger charge is -2.28. The van der Waals surface area contributed by atoms with Gasteiger partial charge in [-0.2, -0.15) is 0 Å². The SMILES string of the molecule is C=CN=C(C)N(C=C)C1OC(CO)C(O)C1O. The predicted molar refractivity (Wildman–Crippen MR) is 63.1 cm³/mol. The number of ether oxygens (including phenoxy) is 1. The molecule has 0 aliphatic carbocycles. The molecule has 4 unspecified atom stereocenters. The summed E-state index contributed by atoms with van der Waals surface area (Å²) in [5.74, 6) is 0.518. The summed E-state index contributed by atoms with van der Waals surface area (Å²) in [6.45, 7) is 8.39. The summed E-state index contributed by atoms with van der Waals surface area (Å²) in [7, 11) is 0. The smallest absolute Gasteiger partial charge is 0.164 e. The van der Waals surface area contributed by atoms with Crippen LogP contribution in [0.25, 0.3) is 0 Å². The average molecular weight is 242 g/mol. The largest absolute Gasteiger partial charge is 0.394 e. The molecule has 0 radical (unpaired) electrons. The van der Waals surface area contributed by atoms with Crippen molar-refractivity contribution in [3.63, 3.8) is 0 Å². The number of aliphatic hydroxyl groups excluding tert-OH is 3. The molecule has 1 saturated heterocycles. The molecule has 0 spiro atoms. The maximum absolute atomic E-state index is 9.82. The molecule has 6 heteroatoms. The molecule has 0 saturated carbocycles. The molecule has 0 aromatic heterocycles. The quantitative estimate of drug-likeness (QED) is 0.454. The molecule has 17 heavy (non-hydrogen) atoms. The summed E-state index contributed by atoms with van der Waals surface area (Å²) in [4.78, 5) is 5.43. The van der Waals surface area contributed by atoms with Crippen LogP contribution >= 0.6 is 0 Å². The summed E-state index contributed by atoms with van der Waals surface area (Å²) in [5, 5.41) is 28.4. The lowest BCUT2D eigenvalue weighted by Crippen LogP contribution is -2.43. The number of amidine groups is 1. The van der Waals surface area contributed by atoms with Crippen molar-refractivity contribution in [2.24, 2.45) is 4.99 Å². The van der Waals surface area contributed by atoms with E-state index in [2.05, 4.69) is 18.2 Å². The number of nitrogens with zero attached hydrogens (tertiary/aromatic N) is 2. The van der Waals surface area contributed by atoms with E-state index < -0.39 is 24.5 Å². The van der Waals surface area contributed by atoms with Gasteiger partial charge in [0.05, 0.1) is 6.61 Å². The third-order valence-electron chi connectivity index (χ3n) is 2.64. The summed E-state index contributed by atoms with van der Waals surface area (Å²) in [5.41, 5.74) is 0. The fraction of sp³-hybridized carbons (Fsp3) is 0.545. The highest BCUT2D eigenvalue weighted by Gasteiger charge is 2.45. The Morgan fingerprint density at radius 3 is 2.47 bits per heavy atom. The van der Waals surface area contributed by atoms with Crippen molar-refractivity contribution in [3.8, 4) is 0 Å². The molecule has 1 aliphatic rings. The normalized spacial score (nSPS) is 33.5. The van der Waals surface area contributed by atoms with Gasteiger partial charge in [-0.15, -0.1) is 0 Å². The molecule has 96 valence electrons. The van der Waals surface area contributed by atoms with E-state index in [9.17, 15) is 10.2 Å². The lowest BCUT2D eigenvalue weighted by molar-refractivity contribution is -0.0584. The Bertz CT molecular complexity index is 319. The molecule has 4 atom stereocenters. The van der Waals surface area contributed by atoms with E-state index in [4.69, 9.17) is 9.84 Å². The van der Waals surface area contributed by atoms with E-state index in [1.54, 1.807) is 6.92 Å². The minimum Gasteiger partial charge on any atom is -0.394 e. The highest BCUT2D eigenvalue weighted by molar-refractivity contribution is 5.81. The van der Waals surface area contributed by atoms with Crippen molar-refractivity contribution >= 4 is 5.84 Å². The van der Waals surface area contributed by atoms with E-state index >= 15 is 0 Å². The second kappa shape index (κ2) is 5.92. The van der Waals surface area contributed by atoms with E-state index in [0.29, 0.717) is 5.84 Å². The Morgan fingerprint density at radius 1 is 1.41 bits per heavy atom. The molecule has 3 N–H and O–H groups in total. The molecule has 1 fully saturated rings. The zero-order valence-electron chi connectivity index (χ0n) is 9.73. The van der Waals surface area contributed by atoms with Crippen molar-refractivity contribution in [2.45, 2.75) is 31.5 Å². The van der Waals surface area contributed by atoms with Crippen LogP contribution in [0.1, 0.15) is 6.92 Å². The van der Waals surface area contributed by atoms with Crippen molar-refractivity contribution in [3.05, 3.63) is 25.6 Å². The van der Waals surface area contributed by atoms with Gasteiger partial charge in [0.1, 0.15) is 24.1 Å². The maximum atomic E-state index is 9.82. The average Bonchev–Trinajstić information content (AvgIpc) is 2.59. The number of aliphatic hydroxyl groups is 3. The van der Waals surface area contributed by atoms with Crippen molar-refractivity contribution < 1.29 is 20.1 Å². The molecule has 0 amide bonds. The van der Waals surface area contributed by atoms with Crippen molar-refractivity contribution in [1.29, 1.82) is 0 Å². The minimum absolute atomic E-state index is 0.364. The standard InChI is InChI=1S/C11H18N2O4/c1-4-12-7(3)13(5-2)11-10(16)9(15)8(6-14)17-11/h4-5,8-11,14-16H,1-2,6H2,3H3. The Balaban J connectivity index is 2.87. The van der Waals surface area contributed by atoms with Crippen LogP contribution in [0.15, 0.2) is 30.6 Å². The van der Waals surface area contributed by atoms with Crippen LogP contribution in [-0.2, 0) is 4.74 Å². The maximum Gasteiger partial charge on any atom is 0.164 e. The van der Waals surface area contributed by atoms with E-state index in [0.717, 1.165) is 0 Å². The topological polar surface area (TPSA) is 85.5 Å². The molecule has 1 aliphatic heterocycles. The Kier molecular flexibility index (Phi) is 4.83. The fourth-order valence-electron chi connectivity index (χ4n) is 1.73. The van der Waals surface area contributed by atoms with Crippen LogP contribution in [0.3, 0.4) is 0 Å². The highest BCUT2D eigenvalue weighted by Crippen LogP contribution is 2.24. The van der Waals surface area contributed by atoms with Crippen LogP contribution in [0.5, 0.6) is 0 Å². The van der Waals surface area contributed by atoms with Crippen molar-refractivity contribution in [2.75, 3.05) is 6.61 Å². The molecule has 6 nitrogen and oxygen atoms in total. The fourth-order valence-corrected chi connectivity index (χ4v) is 1.73. The van der Waals surface area contributed by atoms with Gasteiger partial charge in [-0.25, -0.2) is 4.99 Å². The number of hydrogen-bond acceptors (Lipinski definition) is 5. The lowest BCUT2D eigenvalue weighted by atomic mass is 10.1. The van der Waals surface area contributed by atoms with Crippen LogP contribution in [-0.4, -0.2) is 57.2 Å². The number of aliphatic imine (C=N–C) groups is 1. The van der Waals surface area contributed by atoms with Crippen LogP contribution in [0, 0.1) is 0 Å². The summed E-state index contributed by atoms with van der Waals surface area (Å²) in [6.07, 6.45) is -1.11. The van der Waals surface area contributed by atoms with Gasteiger partial charge in [-0.1, -0.05) is 13.2 Å². The first-order valence-electron chi connectivity index (χ1n) is 5.25. The molecule has 0 bridgehead atoms. The van der Waals surface area contributed by atoms with E-state index in [1.807, 2.05) is 0 Å². The monoisotopic (exact) mass is 242 g/mol. The van der Waals surface area contributed by atoms with Gasteiger partial charge in [-0.05, 0) is 6.92 Å². The van der Waals surface area contributed by atoms with Gasteiger partial charge in [0, 0.05) is 12.4 Å². The second-order valence-corrected chi connectivity index (χ2v) is 3.68. The molecule has 1 rings (SSSR count). The third kappa shape index (κ3) is 2.73. The van der Waals surface area contributed by atoms with Gasteiger partial charge < -0.3 is 25.0 Å². The predicted octanol–water partition coefficient (Wildman–Crippen LogP) is -0.567. The molecular weight excluding hydrogens is 224 g/mol. The van der Waals surface area contributed by atoms with Gasteiger partial charge in [0.25, 0.3) is 0 Å². The zero-order valence-corrected chi connectivity index (χ0v) is 9.73. The number of hydrogen-bond donors (Lipinski definition) is 3. The highest BCUT2D eigenvalue weighted by atomic mass is 16.6. The Hall–Kier alpha value is -1.21. The summed E-state index contributed by atoms with van der Waals surface area (Å²) >= 11 is 0. The van der Waals surface area contributed by atoms with Crippen LogP contribution in [0.2, 0.25) is 0 Å². The van der Waals surface area contributed by atoms with Gasteiger partial charge >= 0.3 is 0 Å². The van der Waals surface area contributed by atoms with Gasteiger partial charge in [-0.3, -0.25) is 0 Å². The second-order valence-electron chi connectivity index (χ2n) is 3.68. The number of rotatable bonds is 4. The molecule has 0 aromatic rings. The minimum atomic E-state index is -1.14. The first-order valence-corrected chi connectivity index (χ1v) is 5.25. The van der Waals surface area contributed by atoms with Gasteiger partial charge in [0.15, 0.2) is 6.23 Å². The molecule has 1 heterocycles. The van der Waals surface area contributed by atoms with Gasteiger partial charge in [0.2, 0.25) is 0 Å². The zero-order chi connectivity index (χ0) is 13.0. The summed E-state index contributed by atoms with van der Waals surface area (Å²) < 4.78 is 5.35. The van der Waals surface area contributed by atoms with Crippen LogP contribution < -0.4 is 0 Å². The first kappa shape index (κ1) is 13.9. The Labute approximate surface area is 100 Å². The van der Waals surface area contributed by atoms with E-state index in [-0.39, 0.29) is 6.61 Å². The summed E-state index contributed by atoms with van der Waals surface area (Å²) in [6, 6.07) is 0.